The van der Waals surface area contributed by atoms with Crippen LogP contribution in [0.2, 0.25) is 0 Å². The average molecular weight is 143 g/mol. The molecule has 0 saturated carbocycles. The molecule has 54 valence electrons. The van der Waals surface area contributed by atoms with Crippen molar-refractivity contribution in [1.82, 2.24) is 0 Å². The van der Waals surface area contributed by atoms with Crippen molar-refractivity contribution >= 4 is 0 Å². The van der Waals surface area contributed by atoms with E-state index < -0.39 is 26.0 Å². The van der Waals surface area contributed by atoms with Gasteiger partial charge in [-0.05, 0) is 17.8 Å². The fourth-order valence-electron chi connectivity index (χ4n) is 0.666. The topological polar surface area (TPSA) is 0 Å². The first-order valence-electron chi connectivity index (χ1n) is 7.41. The quantitative estimate of drug-likeness (QED) is 0.597. The summed E-state index contributed by atoms with van der Waals surface area (Å²) in [7, 11) is 0. The summed E-state index contributed by atoms with van der Waals surface area (Å²) in [6.07, 6.45) is -2.84. The van der Waals surface area contributed by atoms with E-state index in [2.05, 4.69) is 0 Å². The number of benzene rings is 1. The maximum absolute atomic E-state index is 7.89. The van der Waals surface area contributed by atoms with E-state index in [1.54, 1.807) is 6.07 Å². The van der Waals surface area contributed by atoms with E-state index in [9.17, 15) is 0 Å². The Labute approximate surface area is 75.5 Å². The van der Waals surface area contributed by atoms with Crippen LogP contribution in [0.3, 0.4) is 0 Å². The van der Waals surface area contributed by atoms with Crippen molar-refractivity contribution in [3.63, 3.8) is 0 Å². The Morgan fingerprint density at radius 1 is 1.50 bits per heavy atom. The third kappa shape index (κ3) is 2.22. The Bertz CT molecular complexity index is 415. The summed E-state index contributed by atoms with van der Waals surface area (Å²) in [6.45, 7) is -6.59. The van der Waals surface area contributed by atoms with Gasteiger partial charge in [-0.2, -0.15) is 0 Å². The summed E-state index contributed by atoms with van der Waals surface area (Å²) < 4.78 is 67.4. The number of hydrogen-bond acceptors (Lipinski definition) is 0. The van der Waals surface area contributed by atoms with Crippen LogP contribution in [0.15, 0.2) is 30.3 Å². The van der Waals surface area contributed by atoms with Crippen molar-refractivity contribution in [3.8, 4) is 0 Å². The molecule has 0 aromatic heterocycles. The smallest absolute Gasteiger partial charge is 0.0319 e. The van der Waals surface area contributed by atoms with Gasteiger partial charge in [0, 0.05) is 12.3 Å². The van der Waals surface area contributed by atoms with Crippen LogP contribution < -0.4 is 0 Å². The van der Waals surface area contributed by atoms with Crippen LogP contribution in [0, 0.1) is 5.89 Å². The molecule has 0 radical (unpaired) electrons. The first kappa shape index (κ1) is 1.88. The van der Waals surface area contributed by atoms with Gasteiger partial charge in [0.2, 0.25) is 0 Å². The van der Waals surface area contributed by atoms with Crippen molar-refractivity contribution in [2.24, 2.45) is 5.89 Å². The van der Waals surface area contributed by atoms with Gasteiger partial charge in [-0.1, -0.05) is 44.0 Å². The molecule has 0 heterocycles. The first-order valence-corrected chi connectivity index (χ1v) is 2.91. The van der Waals surface area contributed by atoms with Gasteiger partial charge in [-0.15, -0.1) is 0 Å². The third-order valence-corrected chi connectivity index (χ3v) is 1.04. The van der Waals surface area contributed by atoms with E-state index in [1.807, 2.05) is 0 Å². The van der Waals surface area contributed by atoms with Gasteiger partial charge in [0.1, 0.15) is 0 Å². The molecule has 0 atom stereocenters. The lowest BCUT2D eigenvalue weighted by molar-refractivity contribution is 0.647. The van der Waals surface area contributed by atoms with E-state index in [1.165, 1.54) is 24.3 Å². The molecule has 0 bridgehead atoms. The van der Waals surface area contributed by atoms with Crippen LogP contribution in [0.5, 0.6) is 0 Å². The highest BCUT2D eigenvalue weighted by atomic mass is 14.0. The second-order valence-corrected chi connectivity index (χ2v) is 1.87. The number of hydrogen-bond donors (Lipinski definition) is 0. The summed E-state index contributed by atoms with van der Waals surface area (Å²) in [4.78, 5) is 0. The van der Waals surface area contributed by atoms with E-state index >= 15 is 0 Å². The fourth-order valence-corrected chi connectivity index (χ4v) is 0.666. The largest absolute Gasteiger partial charge is 0.0625 e. The molecular weight excluding hydrogens is 120 g/mol. The Kier molecular flexibility index (Phi) is 0.639. The van der Waals surface area contributed by atoms with E-state index in [4.69, 9.17) is 12.3 Å². The predicted molar refractivity (Wildman–Crippen MR) is 45.0 cm³/mol. The zero-order chi connectivity index (χ0) is 15.1. The van der Waals surface area contributed by atoms with Crippen molar-refractivity contribution in [2.75, 3.05) is 0 Å². The maximum Gasteiger partial charge on any atom is 0.0319 e. The molecule has 0 nitrogen and oxygen atoms in total. The monoisotopic (exact) mass is 143 g/mol. The molecule has 0 heteroatoms. The molecule has 0 fully saturated rings. The summed E-state index contributed by atoms with van der Waals surface area (Å²) in [5, 5.41) is 0. The SMILES string of the molecule is [2H]C([2H])([2H])C([2H])(C([2H])([2H])[2H])C([2H])([2H])c1ccccc1. The minimum atomic E-state index is -3.29. The molecule has 0 aliphatic rings. The van der Waals surface area contributed by atoms with Gasteiger partial charge in [0.25, 0.3) is 0 Å². The van der Waals surface area contributed by atoms with Crippen LogP contribution in [0.1, 0.15) is 31.6 Å². The molecule has 0 spiro atoms. The lowest BCUT2D eigenvalue weighted by Gasteiger charge is -2.02. The predicted octanol–water partition coefficient (Wildman–Crippen LogP) is 2.89. The summed E-state index contributed by atoms with van der Waals surface area (Å²) in [5.41, 5.74) is -0.141. The van der Waals surface area contributed by atoms with Gasteiger partial charge in [-0.3, -0.25) is 0 Å². The van der Waals surface area contributed by atoms with Crippen molar-refractivity contribution in [1.29, 1.82) is 0 Å². The lowest BCUT2D eigenvalue weighted by Crippen LogP contribution is -1.92. The highest BCUT2D eigenvalue weighted by Gasteiger charge is 1.94. The van der Waals surface area contributed by atoms with E-state index in [0.29, 0.717) is 0 Å². The Morgan fingerprint density at radius 3 is 2.80 bits per heavy atom. The summed E-state index contributed by atoms with van der Waals surface area (Å²) in [6, 6.07) is 7.08. The molecule has 1 aromatic carbocycles. The van der Waals surface area contributed by atoms with Gasteiger partial charge in [0.05, 0.1) is 0 Å². The van der Waals surface area contributed by atoms with Crippen LogP contribution in [-0.2, 0) is 6.37 Å². The molecular formula is C10H14. The van der Waals surface area contributed by atoms with Crippen molar-refractivity contribution in [2.45, 2.75) is 20.1 Å². The maximum atomic E-state index is 7.89. The Balaban J connectivity index is 3.51. The van der Waals surface area contributed by atoms with Crippen LogP contribution in [0.25, 0.3) is 0 Å². The van der Waals surface area contributed by atoms with Gasteiger partial charge in [0.15, 0.2) is 0 Å². The molecule has 1 aromatic rings. The van der Waals surface area contributed by atoms with Gasteiger partial charge in [-0.25, -0.2) is 0 Å². The molecule has 0 N–H and O–H groups in total. The molecule has 1 rings (SSSR count). The first-order chi connectivity index (χ1) is 8.36. The van der Waals surface area contributed by atoms with Crippen LogP contribution >= 0.6 is 0 Å². The van der Waals surface area contributed by atoms with Crippen LogP contribution in [0.4, 0.5) is 0 Å². The highest BCUT2D eigenvalue weighted by Crippen LogP contribution is 2.05. The minimum absolute atomic E-state index is 0.141. The normalized spacial score (nSPS) is 28.6. The third-order valence-electron chi connectivity index (χ3n) is 1.04. The van der Waals surface area contributed by atoms with Crippen molar-refractivity contribution < 1.29 is 12.3 Å². The Morgan fingerprint density at radius 2 is 2.20 bits per heavy atom. The van der Waals surface area contributed by atoms with E-state index in [0.717, 1.165) is 0 Å². The molecule has 0 amide bonds. The van der Waals surface area contributed by atoms with Gasteiger partial charge < -0.3 is 0 Å². The zero-order valence-corrected chi connectivity index (χ0v) is 5.39. The summed E-state index contributed by atoms with van der Waals surface area (Å²) >= 11 is 0. The molecule has 0 unspecified atom stereocenters. The second-order valence-electron chi connectivity index (χ2n) is 1.87. The van der Waals surface area contributed by atoms with Crippen LogP contribution in [-0.4, -0.2) is 0 Å². The standard InChI is InChI=1S/C10H14/c1-9(2)8-10-6-4-3-5-7-10/h3-7,9H,8H2,1-2H3/i1D3,2D3,8D2,9D. The zero-order valence-electron chi connectivity index (χ0n) is 14.4. The van der Waals surface area contributed by atoms with E-state index in [-0.39, 0.29) is 5.56 Å². The second kappa shape index (κ2) is 3.40. The Hall–Kier alpha value is -0.780. The highest BCUT2D eigenvalue weighted by molar-refractivity contribution is 5.14. The lowest BCUT2D eigenvalue weighted by atomic mass is 10.0. The molecule has 10 heavy (non-hydrogen) atoms. The fraction of sp³-hybridized carbons (Fsp3) is 0.400. The molecule has 0 saturated heterocycles. The van der Waals surface area contributed by atoms with Gasteiger partial charge >= 0.3 is 0 Å². The molecule has 0 aliphatic carbocycles. The van der Waals surface area contributed by atoms with Crippen molar-refractivity contribution in [3.05, 3.63) is 35.9 Å². The minimum Gasteiger partial charge on any atom is -0.0625 e. The average Bonchev–Trinajstić information content (AvgIpc) is 2.26. The molecule has 0 aliphatic heterocycles. The number of rotatable bonds is 2. The summed E-state index contributed by atoms with van der Waals surface area (Å²) in [5.74, 6) is -3.24.